The number of nitrogens with zero attached hydrogens (tertiary/aromatic N) is 1. The van der Waals surface area contributed by atoms with Gasteiger partial charge in [-0.25, -0.2) is 0 Å². The second kappa shape index (κ2) is 7.73. The molecule has 0 spiro atoms. The molecule has 0 fully saturated rings. The van der Waals surface area contributed by atoms with E-state index in [1.165, 1.54) is 58.0 Å². The number of fused-ring (bicyclic) bond motifs is 5. The van der Waals surface area contributed by atoms with E-state index in [1.54, 1.807) is 22.5 Å². The Kier molecular flexibility index (Phi) is 4.80. The van der Waals surface area contributed by atoms with Gasteiger partial charge in [0.25, 0.3) is 0 Å². The monoisotopic (exact) mass is 381 g/mol. The quantitative estimate of drug-likeness (QED) is 0.389. The number of aliphatic imine (C=N–C) groups is 1. The largest absolute Gasteiger partial charge is 0.269 e. The molecule has 0 unspecified atom stereocenters. The number of rotatable bonds is 0. The molecule has 2 aromatic carbocycles. The van der Waals surface area contributed by atoms with Gasteiger partial charge in [-0.3, -0.25) is 4.99 Å². The highest BCUT2D eigenvalue weighted by molar-refractivity contribution is 7.11. The van der Waals surface area contributed by atoms with Crippen LogP contribution in [-0.2, 0) is 12.8 Å². The van der Waals surface area contributed by atoms with Crippen molar-refractivity contribution in [1.29, 1.82) is 0 Å². The Morgan fingerprint density at radius 1 is 0.893 bits per heavy atom. The lowest BCUT2D eigenvalue weighted by Gasteiger charge is -2.25. The van der Waals surface area contributed by atoms with Gasteiger partial charge in [0.15, 0.2) is 0 Å². The highest BCUT2D eigenvalue weighted by Gasteiger charge is 2.20. The first-order chi connectivity index (χ1) is 13.9. The van der Waals surface area contributed by atoms with Crippen LogP contribution in [0, 0.1) is 0 Å². The fourth-order valence-corrected chi connectivity index (χ4v) is 5.19. The summed E-state index contributed by atoms with van der Waals surface area (Å²) in [5.74, 6) is 0. The molecule has 3 aromatic rings. The first-order valence-electron chi connectivity index (χ1n) is 10.0. The van der Waals surface area contributed by atoms with Crippen LogP contribution in [0.1, 0.15) is 40.8 Å². The van der Waals surface area contributed by atoms with Crippen molar-refractivity contribution in [2.75, 3.05) is 0 Å². The third kappa shape index (κ3) is 3.29. The molecule has 1 aliphatic heterocycles. The average molecular weight is 382 g/mol. The van der Waals surface area contributed by atoms with E-state index in [9.17, 15) is 0 Å². The molecular formula is C26H23NS. The Morgan fingerprint density at radius 3 is 2.86 bits per heavy atom. The summed E-state index contributed by atoms with van der Waals surface area (Å²) in [6.45, 7) is 0. The van der Waals surface area contributed by atoms with Gasteiger partial charge in [-0.15, -0.1) is 11.3 Å². The molecule has 6 rings (SSSR count). The number of benzene rings is 2. The van der Waals surface area contributed by atoms with E-state index >= 15 is 0 Å². The normalized spacial score (nSPS) is 16.7. The lowest BCUT2D eigenvalue weighted by Crippen LogP contribution is -2.06. The summed E-state index contributed by atoms with van der Waals surface area (Å²) in [7, 11) is 0. The number of hydrogen-bond acceptors (Lipinski definition) is 2. The third-order valence-electron chi connectivity index (χ3n) is 5.80. The highest BCUT2D eigenvalue weighted by Crippen LogP contribution is 2.39. The van der Waals surface area contributed by atoms with Crippen LogP contribution >= 0.6 is 11.3 Å². The lowest BCUT2D eigenvalue weighted by atomic mass is 9.80. The van der Waals surface area contributed by atoms with Crippen molar-refractivity contribution in [3.05, 3.63) is 93.3 Å². The fraction of sp³-hybridized carbons (Fsp3) is 0.192. The second-order valence-electron chi connectivity index (χ2n) is 7.43. The maximum Gasteiger partial charge on any atom is 0.0321 e. The summed E-state index contributed by atoms with van der Waals surface area (Å²) in [5, 5.41) is 4.94. The molecule has 2 aliphatic carbocycles. The molecule has 28 heavy (non-hydrogen) atoms. The number of allylic oxidation sites excluding steroid dienone is 4. The molecule has 1 nitrogen and oxygen atoms in total. The summed E-state index contributed by atoms with van der Waals surface area (Å²) in [5.41, 5.74) is 7.60. The van der Waals surface area contributed by atoms with Crippen molar-refractivity contribution in [3.63, 3.8) is 0 Å². The van der Waals surface area contributed by atoms with Gasteiger partial charge < -0.3 is 0 Å². The fourth-order valence-electron chi connectivity index (χ4n) is 4.37. The zero-order valence-corrected chi connectivity index (χ0v) is 16.7. The number of thiophene rings is 1. The van der Waals surface area contributed by atoms with Crippen LogP contribution in [0.15, 0.2) is 76.8 Å². The summed E-state index contributed by atoms with van der Waals surface area (Å²) in [6.07, 6.45) is 16.4. The average Bonchev–Trinajstić information content (AvgIpc) is 3.09. The summed E-state index contributed by atoms with van der Waals surface area (Å²) in [6, 6.07) is 15.5. The van der Waals surface area contributed by atoms with Crippen molar-refractivity contribution >= 4 is 40.0 Å². The van der Waals surface area contributed by atoms with E-state index in [1.807, 2.05) is 12.4 Å². The topological polar surface area (TPSA) is 12.4 Å². The Hall–Kier alpha value is -2.71. The van der Waals surface area contributed by atoms with Crippen molar-refractivity contribution in [3.8, 4) is 0 Å². The van der Waals surface area contributed by atoms with Gasteiger partial charge in [0, 0.05) is 23.7 Å². The SMILES string of the molecule is C1=CC2=C(CC1)CCc1c2ccc2ccccc12.C1=Cc2sccc2CC=N1. The molecule has 0 bridgehead atoms. The van der Waals surface area contributed by atoms with E-state index in [0.29, 0.717) is 0 Å². The van der Waals surface area contributed by atoms with Crippen molar-refractivity contribution in [1.82, 2.24) is 0 Å². The van der Waals surface area contributed by atoms with Crippen LogP contribution < -0.4 is 0 Å². The second-order valence-corrected chi connectivity index (χ2v) is 8.38. The Morgan fingerprint density at radius 2 is 1.86 bits per heavy atom. The van der Waals surface area contributed by atoms with Crippen LogP contribution in [0.4, 0.5) is 0 Å². The minimum absolute atomic E-state index is 0.978. The summed E-state index contributed by atoms with van der Waals surface area (Å²) < 4.78 is 0. The predicted octanol–water partition coefficient (Wildman–Crippen LogP) is 7.24. The number of aryl methyl sites for hydroxylation is 1. The van der Waals surface area contributed by atoms with E-state index in [4.69, 9.17) is 0 Å². The Bertz CT molecular complexity index is 1140. The lowest BCUT2D eigenvalue weighted by molar-refractivity contribution is 0.831. The Labute approximate surface area is 170 Å². The van der Waals surface area contributed by atoms with E-state index < -0.39 is 0 Å². The summed E-state index contributed by atoms with van der Waals surface area (Å²) in [4.78, 5) is 5.40. The molecule has 0 saturated heterocycles. The van der Waals surface area contributed by atoms with Crippen molar-refractivity contribution in [2.45, 2.75) is 32.1 Å². The van der Waals surface area contributed by atoms with Crippen LogP contribution in [-0.4, -0.2) is 6.21 Å². The molecular weight excluding hydrogens is 358 g/mol. The zero-order chi connectivity index (χ0) is 18.8. The molecule has 0 saturated carbocycles. The molecule has 0 N–H and O–H groups in total. The number of hydrogen-bond donors (Lipinski definition) is 0. The van der Waals surface area contributed by atoms with Crippen LogP contribution in [0.25, 0.3) is 22.4 Å². The van der Waals surface area contributed by atoms with Gasteiger partial charge in [-0.2, -0.15) is 0 Å². The van der Waals surface area contributed by atoms with E-state index in [0.717, 1.165) is 6.42 Å². The molecule has 1 aromatic heterocycles. The van der Waals surface area contributed by atoms with E-state index in [2.05, 4.69) is 71.1 Å². The van der Waals surface area contributed by atoms with Crippen molar-refractivity contribution < 1.29 is 0 Å². The maximum absolute atomic E-state index is 4.06. The molecule has 3 aliphatic rings. The first-order valence-corrected chi connectivity index (χ1v) is 10.9. The van der Waals surface area contributed by atoms with Gasteiger partial charge in [-0.05, 0) is 76.2 Å². The maximum atomic E-state index is 4.06. The molecule has 2 heterocycles. The van der Waals surface area contributed by atoms with Gasteiger partial charge in [-0.1, -0.05) is 54.1 Å². The third-order valence-corrected chi connectivity index (χ3v) is 6.72. The highest BCUT2D eigenvalue weighted by atomic mass is 32.1. The van der Waals surface area contributed by atoms with Crippen LogP contribution in [0.5, 0.6) is 0 Å². The van der Waals surface area contributed by atoms with Gasteiger partial charge >= 0.3 is 0 Å². The van der Waals surface area contributed by atoms with Crippen LogP contribution in [0.3, 0.4) is 0 Å². The first kappa shape index (κ1) is 17.4. The van der Waals surface area contributed by atoms with Gasteiger partial charge in [0.1, 0.15) is 0 Å². The predicted molar refractivity (Wildman–Crippen MR) is 123 cm³/mol. The molecule has 0 radical (unpaired) electrons. The standard InChI is InChI=1S/C18H16.C8H7NS/c1-3-7-15-13(5-1)9-11-18-16-8-4-2-6-14(16)10-12-17(15)18;1-4-9-5-2-8-7(1)3-6-10-8/h1,3-5,7-9,11H,2,6,10,12H2;2-6H,1H2. The Balaban J connectivity index is 0.000000145. The minimum Gasteiger partial charge on any atom is -0.269 e. The summed E-state index contributed by atoms with van der Waals surface area (Å²) >= 11 is 1.77. The smallest absolute Gasteiger partial charge is 0.0321 e. The van der Waals surface area contributed by atoms with Crippen molar-refractivity contribution in [2.24, 2.45) is 4.99 Å². The molecule has 0 atom stereocenters. The zero-order valence-electron chi connectivity index (χ0n) is 15.9. The van der Waals surface area contributed by atoms with Crippen LogP contribution in [0.2, 0.25) is 0 Å². The van der Waals surface area contributed by atoms with Gasteiger partial charge in [0.2, 0.25) is 0 Å². The van der Waals surface area contributed by atoms with Gasteiger partial charge in [0.05, 0.1) is 0 Å². The molecule has 2 heteroatoms. The molecule has 0 amide bonds. The van der Waals surface area contributed by atoms with E-state index in [-0.39, 0.29) is 0 Å². The molecule has 138 valence electrons. The minimum atomic E-state index is 0.978.